The minimum Gasteiger partial charge on any atom is -0.382 e. The summed E-state index contributed by atoms with van der Waals surface area (Å²) in [6.07, 6.45) is 0. The van der Waals surface area contributed by atoms with Crippen molar-refractivity contribution in [2.24, 2.45) is 5.92 Å². The van der Waals surface area contributed by atoms with Gasteiger partial charge in [-0.3, -0.25) is 4.79 Å². The molecule has 1 rings (SSSR count). The Kier molecular flexibility index (Phi) is 5.97. The van der Waals surface area contributed by atoms with Crippen molar-refractivity contribution in [1.82, 2.24) is 9.69 Å². The molecule has 1 atom stereocenters. The lowest BCUT2D eigenvalue weighted by Crippen LogP contribution is -2.39. The number of nitrogens with one attached hydrogen (secondary N) is 2. The van der Waals surface area contributed by atoms with E-state index in [0.29, 0.717) is 17.5 Å². The number of hydrogen-bond acceptors (Lipinski definition) is 7. The molecule has 0 aliphatic carbocycles. The van der Waals surface area contributed by atoms with Crippen LogP contribution in [0.1, 0.15) is 27.7 Å². The first-order valence-corrected chi connectivity index (χ1v) is 9.13. The maximum absolute atomic E-state index is 12.0. The topological polar surface area (TPSA) is 114 Å². The van der Waals surface area contributed by atoms with E-state index >= 15 is 0 Å². The molecule has 21 heavy (non-hydrogen) atoms. The van der Waals surface area contributed by atoms with Gasteiger partial charge in [0.25, 0.3) is 0 Å². The van der Waals surface area contributed by atoms with Gasteiger partial charge in [0, 0.05) is 6.54 Å². The van der Waals surface area contributed by atoms with Crippen LogP contribution in [0.4, 0.5) is 10.8 Å². The zero-order valence-corrected chi connectivity index (χ0v) is 14.3. The van der Waals surface area contributed by atoms with E-state index in [-0.39, 0.29) is 22.4 Å². The highest BCUT2D eigenvalue weighted by atomic mass is 32.2. The molecule has 0 aliphatic rings. The number of sulfone groups is 1. The lowest BCUT2D eigenvalue weighted by Gasteiger charge is -2.15. The van der Waals surface area contributed by atoms with Crippen molar-refractivity contribution in [3.05, 3.63) is 0 Å². The standard InChI is InChI=1S/C12H22N4O3S2/c1-5-21(18,19)9-10(13)16-20-12(9)15-8(4)11(17)14-6-7(2)3/h7-8,15H,5-6H2,1-4H3,(H2,13,16)(H,14,17). The summed E-state index contributed by atoms with van der Waals surface area (Å²) >= 11 is 0.943. The molecule has 0 saturated carbocycles. The Morgan fingerprint density at radius 3 is 2.52 bits per heavy atom. The molecule has 0 aromatic carbocycles. The average Bonchev–Trinajstić information content (AvgIpc) is 2.77. The van der Waals surface area contributed by atoms with Crippen molar-refractivity contribution in [3.63, 3.8) is 0 Å². The second kappa shape index (κ2) is 7.08. The third-order valence-corrected chi connectivity index (χ3v) is 5.51. The SMILES string of the molecule is CCS(=O)(=O)c1c(N)nsc1NC(C)C(=O)NCC(C)C. The summed E-state index contributed by atoms with van der Waals surface area (Å²) in [6.45, 7) is 7.75. The fourth-order valence-corrected chi connectivity index (χ4v) is 3.79. The summed E-state index contributed by atoms with van der Waals surface area (Å²) in [5, 5.41) is 5.97. The van der Waals surface area contributed by atoms with E-state index in [9.17, 15) is 13.2 Å². The molecule has 1 heterocycles. The normalized spacial score (nSPS) is 13.2. The molecule has 120 valence electrons. The lowest BCUT2D eigenvalue weighted by molar-refractivity contribution is -0.121. The third kappa shape index (κ3) is 4.57. The fourth-order valence-electron chi connectivity index (χ4n) is 1.55. The van der Waals surface area contributed by atoms with Crippen LogP contribution in [0.2, 0.25) is 0 Å². The van der Waals surface area contributed by atoms with Crippen LogP contribution in [0.25, 0.3) is 0 Å². The molecule has 0 saturated heterocycles. The summed E-state index contributed by atoms with van der Waals surface area (Å²) in [4.78, 5) is 11.9. The Hall–Kier alpha value is -1.35. The number of anilines is 2. The molecule has 4 N–H and O–H groups in total. The molecule has 0 bridgehead atoms. The maximum Gasteiger partial charge on any atom is 0.242 e. The van der Waals surface area contributed by atoms with Gasteiger partial charge < -0.3 is 16.4 Å². The van der Waals surface area contributed by atoms with Gasteiger partial charge in [-0.2, -0.15) is 4.37 Å². The second-order valence-electron chi connectivity index (χ2n) is 5.13. The molecule has 0 fully saturated rings. The molecule has 0 radical (unpaired) electrons. The molecule has 1 aromatic rings. The number of amides is 1. The van der Waals surface area contributed by atoms with Gasteiger partial charge in [-0.05, 0) is 24.4 Å². The fraction of sp³-hybridized carbons (Fsp3) is 0.667. The van der Waals surface area contributed by atoms with Gasteiger partial charge in [-0.1, -0.05) is 20.8 Å². The quantitative estimate of drug-likeness (QED) is 0.688. The monoisotopic (exact) mass is 334 g/mol. The van der Waals surface area contributed by atoms with Crippen molar-refractivity contribution >= 4 is 38.1 Å². The van der Waals surface area contributed by atoms with E-state index in [1.807, 2.05) is 13.8 Å². The largest absolute Gasteiger partial charge is 0.382 e. The predicted molar refractivity (Wildman–Crippen MR) is 85.2 cm³/mol. The highest BCUT2D eigenvalue weighted by Gasteiger charge is 2.26. The number of carbonyl (C=O) groups is 1. The smallest absolute Gasteiger partial charge is 0.242 e. The predicted octanol–water partition coefficient (Wildman–Crippen LogP) is 1.09. The van der Waals surface area contributed by atoms with Crippen LogP contribution in [0.15, 0.2) is 4.90 Å². The first-order valence-electron chi connectivity index (χ1n) is 6.71. The van der Waals surface area contributed by atoms with E-state index < -0.39 is 15.9 Å². The number of nitrogens with two attached hydrogens (primary N) is 1. The summed E-state index contributed by atoms with van der Waals surface area (Å²) in [5.74, 6) is 0.0454. The number of carbonyl (C=O) groups excluding carboxylic acids is 1. The Balaban J connectivity index is 2.87. The molecule has 1 aromatic heterocycles. The summed E-state index contributed by atoms with van der Waals surface area (Å²) in [5.41, 5.74) is 5.63. The lowest BCUT2D eigenvalue weighted by atomic mass is 10.2. The number of nitrogen functional groups attached to an aromatic ring is 1. The Labute approximate surface area is 129 Å². The van der Waals surface area contributed by atoms with Crippen molar-refractivity contribution in [1.29, 1.82) is 0 Å². The van der Waals surface area contributed by atoms with Crippen LogP contribution >= 0.6 is 11.5 Å². The van der Waals surface area contributed by atoms with Crippen molar-refractivity contribution in [2.75, 3.05) is 23.3 Å². The number of hydrogen-bond donors (Lipinski definition) is 3. The van der Waals surface area contributed by atoms with Gasteiger partial charge in [-0.25, -0.2) is 8.42 Å². The highest BCUT2D eigenvalue weighted by Crippen LogP contribution is 2.32. The molecule has 1 unspecified atom stereocenters. The zero-order valence-electron chi connectivity index (χ0n) is 12.6. The molecular weight excluding hydrogens is 312 g/mol. The Bertz CT molecular complexity index is 596. The van der Waals surface area contributed by atoms with Gasteiger partial charge in [-0.15, -0.1) is 0 Å². The molecule has 0 spiro atoms. The van der Waals surface area contributed by atoms with E-state index in [1.165, 1.54) is 6.92 Å². The van der Waals surface area contributed by atoms with Crippen LogP contribution in [-0.4, -0.2) is 37.0 Å². The van der Waals surface area contributed by atoms with Gasteiger partial charge in [0.05, 0.1) is 5.75 Å². The molecule has 1 amide bonds. The number of rotatable bonds is 7. The first kappa shape index (κ1) is 17.7. The summed E-state index contributed by atoms with van der Waals surface area (Å²) in [6, 6.07) is -0.575. The van der Waals surface area contributed by atoms with E-state index in [2.05, 4.69) is 15.0 Å². The van der Waals surface area contributed by atoms with Gasteiger partial charge in [0.1, 0.15) is 15.9 Å². The van der Waals surface area contributed by atoms with Crippen LogP contribution in [0, 0.1) is 5.92 Å². The van der Waals surface area contributed by atoms with E-state index in [0.717, 1.165) is 11.5 Å². The Morgan fingerprint density at radius 2 is 2.00 bits per heavy atom. The van der Waals surface area contributed by atoms with E-state index in [1.54, 1.807) is 6.92 Å². The maximum atomic E-state index is 12.0. The minimum absolute atomic E-state index is 0.0153. The third-order valence-electron chi connectivity index (χ3n) is 2.79. The van der Waals surface area contributed by atoms with Crippen molar-refractivity contribution in [3.8, 4) is 0 Å². The van der Waals surface area contributed by atoms with Gasteiger partial charge in [0.15, 0.2) is 15.7 Å². The first-order chi connectivity index (χ1) is 9.69. The van der Waals surface area contributed by atoms with Crippen LogP contribution in [0.5, 0.6) is 0 Å². The molecule has 7 nitrogen and oxygen atoms in total. The highest BCUT2D eigenvalue weighted by molar-refractivity contribution is 7.91. The number of aromatic nitrogens is 1. The van der Waals surface area contributed by atoms with Crippen molar-refractivity contribution in [2.45, 2.75) is 38.6 Å². The minimum atomic E-state index is -3.48. The summed E-state index contributed by atoms with van der Waals surface area (Å²) in [7, 11) is -3.48. The van der Waals surface area contributed by atoms with Gasteiger partial charge in [0.2, 0.25) is 5.91 Å². The van der Waals surface area contributed by atoms with Crippen LogP contribution < -0.4 is 16.4 Å². The van der Waals surface area contributed by atoms with Gasteiger partial charge >= 0.3 is 0 Å². The molecule has 0 aliphatic heterocycles. The number of nitrogens with zero attached hydrogens (tertiary/aromatic N) is 1. The zero-order chi connectivity index (χ0) is 16.2. The van der Waals surface area contributed by atoms with Crippen LogP contribution in [0.3, 0.4) is 0 Å². The average molecular weight is 334 g/mol. The van der Waals surface area contributed by atoms with E-state index in [4.69, 9.17) is 5.73 Å². The molecule has 9 heteroatoms. The Morgan fingerprint density at radius 1 is 1.38 bits per heavy atom. The van der Waals surface area contributed by atoms with Crippen molar-refractivity contribution < 1.29 is 13.2 Å². The summed E-state index contributed by atoms with van der Waals surface area (Å²) < 4.78 is 27.9. The molecular formula is C12H22N4O3S2. The van der Waals surface area contributed by atoms with Crippen LogP contribution in [-0.2, 0) is 14.6 Å². The second-order valence-corrected chi connectivity index (χ2v) is 8.12.